The van der Waals surface area contributed by atoms with Gasteiger partial charge in [-0.2, -0.15) is 0 Å². The van der Waals surface area contributed by atoms with Crippen molar-refractivity contribution in [3.8, 4) is 0 Å². The maximum Gasteiger partial charge on any atom is 0.235 e. The van der Waals surface area contributed by atoms with E-state index < -0.39 is 10.0 Å². The van der Waals surface area contributed by atoms with Crippen LogP contribution in [0.25, 0.3) is 0 Å². The second kappa shape index (κ2) is 7.27. The summed E-state index contributed by atoms with van der Waals surface area (Å²) in [4.78, 5) is 0. The van der Waals surface area contributed by atoms with E-state index in [9.17, 15) is 8.42 Å². The van der Waals surface area contributed by atoms with E-state index in [1.807, 2.05) is 38.1 Å². The van der Waals surface area contributed by atoms with Crippen LogP contribution >= 0.6 is 0 Å². The van der Waals surface area contributed by atoms with Crippen LogP contribution in [0.5, 0.6) is 0 Å². The summed E-state index contributed by atoms with van der Waals surface area (Å²) in [5.74, 6) is 0.789. The van der Waals surface area contributed by atoms with Crippen molar-refractivity contribution in [2.24, 2.45) is 5.92 Å². The first-order valence-corrected chi connectivity index (χ1v) is 9.41. The Labute approximate surface area is 128 Å². The zero-order valence-corrected chi connectivity index (χ0v) is 13.8. The van der Waals surface area contributed by atoms with Crippen LogP contribution in [0.15, 0.2) is 24.3 Å². The molecule has 1 heterocycles. The summed E-state index contributed by atoms with van der Waals surface area (Å²) in [7, 11) is -3.22. The molecular formula is C16H26N2O2S. The van der Waals surface area contributed by atoms with Gasteiger partial charge in [0.1, 0.15) is 0 Å². The highest BCUT2D eigenvalue weighted by molar-refractivity contribution is 7.92. The van der Waals surface area contributed by atoms with Gasteiger partial charge in [-0.3, -0.25) is 4.31 Å². The van der Waals surface area contributed by atoms with Gasteiger partial charge in [0, 0.05) is 6.54 Å². The maximum atomic E-state index is 12.6. The first kappa shape index (κ1) is 16.3. The molecule has 0 aliphatic carbocycles. The molecule has 5 heteroatoms. The Bertz CT molecular complexity index is 534. The second-order valence-corrected chi connectivity index (χ2v) is 7.81. The largest absolute Gasteiger partial charge is 0.317 e. The molecule has 0 saturated carbocycles. The molecule has 0 amide bonds. The van der Waals surface area contributed by atoms with Crippen molar-refractivity contribution in [3.05, 3.63) is 29.8 Å². The van der Waals surface area contributed by atoms with Crippen LogP contribution in [0.3, 0.4) is 0 Å². The van der Waals surface area contributed by atoms with Crippen molar-refractivity contribution in [1.82, 2.24) is 5.32 Å². The average Bonchev–Trinajstić information content (AvgIpc) is 2.49. The number of piperidine rings is 1. The summed E-state index contributed by atoms with van der Waals surface area (Å²) in [6, 6.07) is 7.70. The van der Waals surface area contributed by atoms with Crippen LogP contribution in [0, 0.1) is 12.8 Å². The van der Waals surface area contributed by atoms with E-state index in [0.29, 0.717) is 12.5 Å². The minimum Gasteiger partial charge on any atom is -0.317 e. The molecule has 4 nitrogen and oxygen atoms in total. The molecule has 1 aliphatic rings. The monoisotopic (exact) mass is 310 g/mol. The molecule has 21 heavy (non-hydrogen) atoms. The van der Waals surface area contributed by atoms with Crippen molar-refractivity contribution in [1.29, 1.82) is 0 Å². The summed E-state index contributed by atoms with van der Waals surface area (Å²) in [5, 5.41) is 3.32. The zero-order valence-electron chi connectivity index (χ0n) is 13.0. The molecule has 0 aromatic heterocycles. The fourth-order valence-corrected chi connectivity index (χ4v) is 4.53. The Hall–Kier alpha value is -1.07. The third-order valence-electron chi connectivity index (χ3n) is 4.19. The van der Waals surface area contributed by atoms with E-state index in [4.69, 9.17) is 0 Å². The lowest BCUT2D eigenvalue weighted by Crippen LogP contribution is -2.35. The van der Waals surface area contributed by atoms with Crippen molar-refractivity contribution < 1.29 is 8.42 Å². The molecule has 0 bridgehead atoms. The number of benzene rings is 1. The molecular weight excluding hydrogens is 284 g/mol. The zero-order chi connectivity index (χ0) is 15.3. The van der Waals surface area contributed by atoms with Crippen LogP contribution in [-0.4, -0.2) is 33.8 Å². The summed E-state index contributed by atoms with van der Waals surface area (Å²) in [6.07, 6.45) is 2.95. The molecule has 0 atom stereocenters. The van der Waals surface area contributed by atoms with Gasteiger partial charge < -0.3 is 5.32 Å². The van der Waals surface area contributed by atoms with Crippen molar-refractivity contribution in [2.45, 2.75) is 33.1 Å². The Morgan fingerprint density at radius 1 is 1.19 bits per heavy atom. The molecule has 1 aromatic rings. The Kier molecular flexibility index (Phi) is 5.65. The molecule has 1 aromatic carbocycles. The van der Waals surface area contributed by atoms with Crippen LogP contribution in [-0.2, 0) is 10.0 Å². The number of hydrogen-bond acceptors (Lipinski definition) is 3. The molecule has 0 spiro atoms. The summed E-state index contributed by atoms with van der Waals surface area (Å²) in [6.45, 7) is 6.41. The smallest absolute Gasteiger partial charge is 0.235 e. The molecule has 2 rings (SSSR count). The summed E-state index contributed by atoms with van der Waals surface area (Å²) >= 11 is 0. The van der Waals surface area contributed by atoms with E-state index >= 15 is 0 Å². The fraction of sp³-hybridized carbons (Fsp3) is 0.625. The molecule has 1 fully saturated rings. The number of sulfonamides is 1. The normalized spacial score (nSPS) is 16.9. The Morgan fingerprint density at radius 2 is 1.81 bits per heavy atom. The van der Waals surface area contributed by atoms with Crippen molar-refractivity contribution >= 4 is 15.7 Å². The maximum absolute atomic E-state index is 12.6. The Morgan fingerprint density at radius 3 is 2.38 bits per heavy atom. The lowest BCUT2D eigenvalue weighted by molar-refractivity contribution is 0.365. The number of rotatable bonds is 6. The third-order valence-corrected chi connectivity index (χ3v) is 6.08. The Balaban J connectivity index is 2.03. The molecule has 118 valence electrons. The second-order valence-electron chi connectivity index (χ2n) is 5.80. The number of hydrogen-bond donors (Lipinski definition) is 1. The number of nitrogens with zero attached hydrogens (tertiary/aromatic N) is 1. The van der Waals surface area contributed by atoms with Gasteiger partial charge in [-0.15, -0.1) is 0 Å². The van der Waals surface area contributed by atoms with Crippen molar-refractivity contribution in [3.63, 3.8) is 0 Å². The van der Waals surface area contributed by atoms with Gasteiger partial charge in [-0.1, -0.05) is 17.7 Å². The molecule has 0 radical (unpaired) electrons. The van der Waals surface area contributed by atoms with Crippen LogP contribution in [0.4, 0.5) is 5.69 Å². The van der Waals surface area contributed by atoms with Gasteiger partial charge in [0.2, 0.25) is 10.0 Å². The third kappa shape index (κ3) is 4.45. The minimum atomic E-state index is -3.22. The first-order valence-electron chi connectivity index (χ1n) is 7.80. The standard InChI is InChI=1S/C16H26N2O2S/c1-3-18(16-6-4-14(2)5-7-16)21(19,20)13-10-15-8-11-17-12-9-15/h4-7,15,17H,3,8-13H2,1-2H3. The average molecular weight is 310 g/mol. The topological polar surface area (TPSA) is 49.4 Å². The fourth-order valence-electron chi connectivity index (χ4n) is 2.85. The molecule has 1 N–H and O–H groups in total. The highest BCUT2D eigenvalue weighted by atomic mass is 32.2. The quantitative estimate of drug-likeness (QED) is 0.878. The molecule has 0 unspecified atom stereocenters. The van der Waals surface area contributed by atoms with E-state index in [2.05, 4.69) is 5.32 Å². The van der Waals surface area contributed by atoms with E-state index in [-0.39, 0.29) is 5.75 Å². The number of aryl methyl sites for hydroxylation is 1. The van der Waals surface area contributed by atoms with E-state index in [0.717, 1.165) is 43.6 Å². The molecule has 1 aliphatic heterocycles. The van der Waals surface area contributed by atoms with Gasteiger partial charge in [0.25, 0.3) is 0 Å². The van der Waals surface area contributed by atoms with E-state index in [1.54, 1.807) is 0 Å². The van der Waals surface area contributed by atoms with Crippen LogP contribution < -0.4 is 9.62 Å². The number of anilines is 1. The van der Waals surface area contributed by atoms with Gasteiger partial charge in [0.15, 0.2) is 0 Å². The summed E-state index contributed by atoms with van der Waals surface area (Å²) < 4.78 is 26.7. The minimum absolute atomic E-state index is 0.249. The predicted molar refractivity (Wildman–Crippen MR) is 88.2 cm³/mol. The van der Waals surface area contributed by atoms with Crippen molar-refractivity contribution in [2.75, 3.05) is 29.7 Å². The van der Waals surface area contributed by atoms with Gasteiger partial charge in [-0.05, 0) is 64.3 Å². The van der Waals surface area contributed by atoms with Gasteiger partial charge in [0.05, 0.1) is 11.4 Å². The van der Waals surface area contributed by atoms with Crippen LogP contribution in [0.2, 0.25) is 0 Å². The first-order chi connectivity index (χ1) is 10.0. The highest BCUT2D eigenvalue weighted by Crippen LogP contribution is 2.22. The predicted octanol–water partition coefficient (Wildman–Crippen LogP) is 2.54. The SMILES string of the molecule is CCN(c1ccc(C)cc1)S(=O)(=O)CCC1CCNCC1. The molecule has 1 saturated heterocycles. The van der Waals surface area contributed by atoms with Gasteiger partial charge in [-0.25, -0.2) is 8.42 Å². The summed E-state index contributed by atoms with van der Waals surface area (Å²) in [5.41, 5.74) is 1.91. The van der Waals surface area contributed by atoms with Gasteiger partial charge >= 0.3 is 0 Å². The van der Waals surface area contributed by atoms with Crippen LogP contribution in [0.1, 0.15) is 31.7 Å². The number of nitrogens with one attached hydrogen (secondary N) is 1. The van der Waals surface area contributed by atoms with E-state index in [1.165, 1.54) is 4.31 Å². The lowest BCUT2D eigenvalue weighted by atomic mass is 9.96. The highest BCUT2D eigenvalue weighted by Gasteiger charge is 2.23. The lowest BCUT2D eigenvalue weighted by Gasteiger charge is -2.26.